The first-order valence-electron chi connectivity index (χ1n) is 5.43. The monoisotopic (exact) mass is 180 g/mol. The summed E-state index contributed by atoms with van der Waals surface area (Å²) >= 11 is 0. The van der Waals surface area contributed by atoms with Gasteiger partial charge in [0.1, 0.15) is 0 Å². The van der Waals surface area contributed by atoms with Gasteiger partial charge in [-0.2, -0.15) is 0 Å². The lowest BCUT2D eigenvalue weighted by Gasteiger charge is -2.14. The smallest absolute Gasteiger partial charge is 0.0196 e. The van der Waals surface area contributed by atoms with E-state index in [2.05, 4.69) is 39.5 Å². The molecule has 2 atom stereocenters. The van der Waals surface area contributed by atoms with Gasteiger partial charge >= 0.3 is 0 Å². The molecule has 0 saturated carbocycles. The van der Waals surface area contributed by atoms with E-state index in [1.807, 2.05) is 6.92 Å². The second-order valence-corrected chi connectivity index (χ2v) is 4.07. The fourth-order valence-electron chi connectivity index (χ4n) is 1.30. The predicted octanol–water partition coefficient (Wildman–Crippen LogP) is 4.58. The van der Waals surface area contributed by atoms with Gasteiger partial charge in [0, 0.05) is 0 Å². The minimum absolute atomic E-state index is 0.644. The van der Waals surface area contributed by atoms with Crippen LogP contribution in [-0.4, -0.2) is 0 Å². The van der Waals surface area contributed by atoms with Crippen LogP contribution in [0.15, 0.2) is 24.3 Å². The molecule has 0 N–H and O–H groups in total. The molecule has 0 heteroatoms. The van der Waals surface area contributed by atoms with Crippen LogP contribution in [0.2, 0.25) is 0 Å². The van der Waals surface area contributed by atoms with Crippen LogP contribution in [0.4, 0.5) is 0 Å². The first-order chi connectivity index (χ1) is 6.11. The lowest BCUT2D eigenvalue weighted by molar-refractivity contribution is 0.454. The van der Waals surface area contributed by atoms with E-state index < -0.39 is 0 Å². The maximum atomic E-state index is 4.06. The summed E-state index contributed by atoms with van der Waals surface area (Å²) in [5.74, 6) is 1.51. The van der Waals surface area contributed by atoms with E-state index in [4.69, 9.17) is 0 Å². The zero-order valence-corrected chi connectivity index (χ0v) is 9.64. The molecule has 2 unspecified atom stereocenters. The molecular formula is C13H24. The molecule has 0 nitrogen and oxygen atoms in total. The molecule has 0 rings (SSSR count). The average molecular weight is 180 g/mol. The van der Waals surface area contributed by atoms with Crippen molar-refractivity contribution in [3.8, 4) is 0 Å². The van der Waals surface area contributed by atoms with Gasteiger partial charge in [-0.3, -0.25) is 0 Å². The second kappa shape index (κ2) is 6.94. The molecule has 0 aromatic carbocycles. The lowest BCUT2D eigenvalue weighted by Crippen LogP contribution is -2.00. The van der Waals surface area contributed by atoms with Crippen LogP contribution in [0.5, 0.6) is 0 Å². The molecule has 13 heavy (non-hydrogen) atoms. The zero-order chi connectivity index (χ0) is 10.3. The molecule has 0 aliphatic heterocycles. The summed E-state index contributed by atoms with van der Waals surface area (Å²) in [4.78, 5) is 0. The van der Waals surface area contributed by atoms with Crippen molar-refractivity contribution in [1.29, 1.82) is 0 Å². The van der Waals surface area contributed by atoms with Crippen molar-refractivity contribution in [3.63, 3.8) is 0 Å². The Hall–Kier alpha value is -0.520. The van der Waals surface area contributed by atoms with Gasteiger partial charge in [0.2, 0.25) is 0 Å². The van der Waals surface area contributed by atoms with Crippen LogP contribution in [0.1, 0.15) is 47.0 Å². The molecule has 0 spiro atoms. The van der Waals surface area contributed by atoms with E-state index in [0.717, 1.165) is 5.92 Å². The Morgan fingerprint density at radius 2 is 1.92 bits per heavy atom. The molecule has 0 amide bonds. The number of allylic oxidation sites excluding steroid dienone is 3. The van der Waals surface area contributed by atoms with Gasteiger partial charge in [-0.15, -0.1) is 0 Å². The summed E-state index contributed by atoms with van der Waals surface area (Å²) in [6, 6.07) is 0. The van der Waals surface area contributed by atoms with Gasteiger partial charge < -0.3 is 0 Å². The third-order valence-corrected chi connectivity index (χ3v) is 2.80. The van der Waals surface area contributed by atoms with Crippen molar-refractivity contribution in [2.24, 2.45) is 11.8 Å². The van der Waals surface area contributed by atoms with E-state index in [0.29, 0.717) is 5.92 Å². The normalized spacial score (nSPS) is 16.0. The Bertz CT molecular complexity index is 165. The zero-order valence-electron chi connectivity index (χ0n) is 9.64. The summed E-state index contributed by atoms with van der Waals surface area (Å²) in [6.07, 6.45) is 8.10. The topological polar surface area (TPSA) is 0 Å². The molecular weight excluding hydrogens is 156 g/mol. The molecule has 0 aromatic heterocycles. The van der Waals surface area contributed by atoms with Crippen molar-refractivity contribution in [2.75, 3.05) is 0 Å². The number of hydrogen-bond acceptors (Lipinski definition) is 0. The Morgan fingerprint density at radius 3 is 2.38 bits per heavy atom. The van der Waals surface area contributed by atoms with Crippen molar-refractivity contribution >= 4 is 0 Å². The minimum atomic E-state index is 0.644. The van der Waals surface area contributed by atoms with Crippen LogP contribution in [0.25, 0.3) is 0 Å². The summed E-state index contributed by atoms with van der Waals surface area (Å²) in [7, 11) is 0. The maximum absolute atomic E-state index is 4.06. The fraction of sp³-hybridized carbons (Fsp3) is 0.692. The largest absolute Gasteiger partial charge is 0.0956 e. The third-order valence-electron chi connectivity index (χ3n) is 2.80. The second-order valence-electron chi connectivity index (χ2n) is 4.07. The van der Waals surface area contributed by atoms with Crippen molar-refractivity contribution in [3.05, 3.63) is 24.3 Å². The van der Waals surface area contributed by atoms with Crippen molar-refractivity contribution < 1.29 is 0 Å². The molecule has 0 fully saturated rings. The van der Waals surface area contributed by atoms with Gasteiger partial charge in [-0.25, -0.2) is 0 Å². The van der Waals surface area contributed by atoms with Crippen molar-refractivity contribution in [2.45, 2.75) is 47.0 Å². The van der Waals surface area contributed by atoms with Crippen LogP contribution in [0, 0.1) is 11.8 Å². The highest BCUT2D eigenvalue weighted by Gasteiger charge is 2.06. The van der Waals surface area contributed by atoms with Gasteiger partial charge in [0.05, 0.1) is 0 Å². The summed E-state index contributed by atoms with van der Waals surface area (Å²) < 4.78 is 0. The lowest BCUT2D eigenvalue weighted by atomic mass is 9.92. The molecule has 0 saturated heterocycles. The van der Waals surface area contributed by atoms with E-state index in [-0.39, 0.29) is 0 Å². The van der Waals surface area contributed by atoms with E-state index in [1.54, 1.807) is 0 Å². The van der Waals surface area contributed by atoms with Gasteiger partial charge in [0.15, 0.2) is 0 Å². The number of rotatable bonds is 6. The fourth-order valence-corrected chi connectivity index (χ4v) is 1.30. The molecule has 0 aromatic rings. The predicted molar refractivity (Wildman–Crippen MR) is 61.8 cm³/mol. The molecule has 0 aliphatic carbocycles. The van der Waals surface area contributed by atoms with Gasteiger partial charge in [0.25, 0.3) is 0 Å². The van der Waals surface area contributed by atoms with E-state index >= 15 is 0 Å². The SMILES string of the molecule is C=C(/C=C\C)C(C)CCC(C)CC. The molecule has 0 radical (unpaired) electrons. The minimum Gasteiger partial charge on any atom is -0.0956 e. The summed E-state index contributed by atoms with van der Waals surface area (Å²) in [5, 5.41) is 0. The average Bonchev–Trinajstić information content (AvgIpc) is 2.13. The highest BCUT2D eigenvalue weighted by molar-refractivity contribution is 5.16. The van der Waals surface area contributed by atoms with Crippen LogP contribution in [-0.2, 0) is 0 Å². The Morgan fingerprint density at radius 1 is 1.31 bits per heavy atom. The van der Waals surface area contributed by atoms with Gasteiger partial charge in [-0.1, -0.05) is 57.9 Å². The Labute approximate surface area is 83.7 Å². The van der Waals surface area contributed by atoms with E-state index in [1.165, 1.54) is 24.8 Å². The Balaban J connectivity index is 3.73. The molecule has 0 aliphatic rings. The maximum Gasteiger partial charge on any atom is -0.0196 e. The first-order valence-corrected chi connectivity index (χ1v) is 5.43. The van der Waals surface area contributed by atoms with Crippen LogP contribution in [0.3, 0.4) is 0 Å². The summed E-state index contributed by atoms with van der Waals surface area (Å²) in [5.41, 5.74) is 1.27. The number of hydrogen-bond donors (Lipinski definition) is 0. The molecule has 0 bridgehead atoms. The summed E-state index contributed by atoms with van der Waals surface area (Å²) in [6.45, 7) is 13.0. The van der Waals surface area contributed by atoms with Crippen molar-refractivity contribution in [1.82, 2.24) is 0 Å². The standard InChI is InChI=1S/C13H24/c1-6-8-12(4)13(5)10-9-11(3)7-2/h6,8,11,13H,4,7,9-10H2,1-3,5H3/b8-6-. The Kier molecular flexibility index (Phi) is 6.66. The molecule has 76 valence electrons. The van der Waals surface area contributed by atoms with Crippen LogP contribution >= 0.6 is 0 Å². The molecule has 0 heterocycles. The first kappa shape index (κ1) is 12.5. The quantitative estimate of drug-likeness (QED) is 0.525. The van der Waals surface area contributed by atoms with Crippen LogP contribution < -0.4 is 0 Å². The third kappa shape index (κ3) is 5.68. The van der Waals surface area contributed by atoms with E-state index in [9.17, 15) is 0 Å². The highest BCUT2D eigenvalue weighted by Crippen LogP contribution is 2.20. The highest BCUT2D eigenvalue weighted by atomic mass is 14.1. The van der Waals surface area contributed by atoms with Gasteiger partial charge in [-0.05, 0) is 25.2 Å².